The first-order chi connectivity index (χ1) is 16.5. The van der Waals surface area contributed by atoms with Crippen LogP contribution in [-0.2, 0) is 23.9 Å². The van der Waals surface area contributed by atoms with Crippen LogP contribution in [0.15, 0.2) is 39.9 Å². The first-order valence-corrected chi connectivity index (χ1v) is 12.1. The lowest BCUT2D eigenvalue weighted by atomic mass is 9.88. The van der Waals surface area contributed by atoms with Crippen molar-refractivity contribution < 1.29 is 4.42 Å². The van der Waals surface area contributed by atoms with Crippen molar-refractivity contribution in [1.29, 1.82) is 0 Å². The number of aromatic nitrogens is 5. The van der Waals surface area contributed by atoms with Crippen LogP contribution < -0.4 is 16.2 Å². The molecule has 0 bridgehead atoms. The summed E-state index contributed by atoms with van der Waals surface area (Å²) in [6.45, 7) is 6.51. The van der Waals surface area contributed by atoms with E-state index in [1.54, 1.807) is 21.8 Å². The van der Waals surface area contributed by atoms with Crippen LogP contribution in [0.1, 0.15) is 56.4 Å². The Kier molecular flexibility index (Phi) is 3.98. The first kappa shape index (κ1) is 20.0. The molecule has 0 amide bonds. The molecule has 7 rings (SSSR count). The molecule has 174 valence electrons. The summed E-state index contributed by atoms with van der Waals surface area (Å²) in [6, 6.07) is 6.87. The Labute approximate surface area is 196 Å². The zero-order chi connectivity index (χ0) is 23.1. The normalized spacial score (nSPS) is 19.4. The molecule has 1 aliphatic heterocycles. The van der Waals surface area contributed by atoms with Crippen molar-refractivity contribution in [3.8, 4) is 6.01 Å². The number of fused-ring (bicyclic) bond motifs is 3. The van der Waals surface area contributed by atoms with Gasteiger partial charge in [-0.25, -0.2) is 9.67 Å². The van der Waals surface area contributed by atoms with Crippen LogP contribution in [0.5, 0.6) is 0 Å². The third kappa shape index (κ3) is 2.89. The lowest BCUT2D eigenvalue weighted by Gasteiger charge is -2.26. The van der Waals surface area contributed by atoms with Gasteiger partial charge in [0.05, 0.1) is 5.69 Å². The van der Waals surface area contributed by atoms with Crippen molar-refractivity contribution in [2.75, 3.05) is 11.9 Å². The van der Waals surface area contributed by atoms with Crippen molar-refractivity contribution in [3.05, 3.63) is 57.8 Å². The third-order valence-electron chi connectivity index (χ3n) is 7.83. The number of hydrogen-bond donors (Lipinski definition) is 2. The van der Waals surface area contributed by atoms with Gasteiger partial charge < -0.3 is 15.1 Å². The number of benzene rings is 1. The fourth-order valence-corrected chi connectivity index (χ4v) is 5.24. The molecular formula is C25H27N7O2. The van der Waals surface area contributed by atoms with Crippen molar-refractivity contribution in [3.63, 3.8) is 0 Å². The van der Waals surface area contributed by atoms with Crippen molar-refractivity contribution in [1.82, 2.24) is 29.6 Å². The average Bonchev–Trinajstić information content (AvgIpc) is 3.70. The Balaban J connectivity index is 1.28. The molecule has 1 aromatic carbocycles. The molecule has 2 saturated carbocycles. The van der Waals surface area contributed by atoms with Crippen molar-refractivity contribution in [2.24, 2.45) is 0 Å². The van der Waals surface area contributed by atoms with Gasteiger partial charge in [-0.05, 0) is 55.9 Å². The maximum atomic E-state index is 13.0. The molecule has 0 atom stereocenters. The average molecular weight is 458 g/mol. The van der Waals surface area contributed by atoms with Crippen LogP contribution in [0.3, 0.4) is 0 Å². The molecule has 3 aliphatic rings. The monoisotopic (exact) mass is 457 g/mol. The summed E-state index contributed by atoms with van der Waals surface area (Å²) in [6.07, 6.45) is 7.99. The fourth-order valence-electron chi connectivity index (χ4n) is 5.24. The highest BCUT2D eigenvalue weighted by molar-refractivity contribution is 5.76. The summed E-state index contributed by atoms with van der Waals surface area (Å²) in [5, 5.41) is 7.32. The molecule has 2 aliphatic carbocycles. The van der Waals surface area contributed by atoms with Gasteiger partial charge in [-0.2, -0.15) is 14.6 Å². The van der Waals surface area contributed by atoms with Gasteiger partial charge in [-0.1, -0.05) is 13.0 Å². The molecule has 3 aromatic heterocycles. The molecule has 0 saturated heterocycles. The molecule has 2 N–H and O–H groups in total. The Morgan fingerprint density at radius 3 is 2.82 bits per heavy atom. The van der Waals surface area contributed by atoms with E-state index in [1.807, 2.05) is 6.92 Å². The van der Waals surface area contributed by atoms with E-state index in [9.17, 15) is 4.79 Å². The predicted octanol–water partition coefficient (Wildman–Crippen LogP) is 3.52. The maximum Gasteiger partial charge on any atom is 0.323 e. The number of nitrogens with one attached hydrogen (secondary N) is 2. The van der Waals surface area contributed by atoms with E-state index in [-0.39, 0.29) is 11.0 Å². The van der Waals surface area contributed by atoms with Crippen LogP contribution in [0.2, 0.25) is 0 Å². The summed E-state index contributed by atoms with van der Waals surface area (Å²) in [5.74, 6) is 0.431. The molecule has 0 radical (unpaired) electrons. The van der Waals surface area contributed by atoms with E-state index < -0.39 is 0 Å². The Morgan fingerprint density at radius 2 is 2.06 bits per heavy atom. The van der Waals surface area contributed by atoms with Crippen LogP contribution in [0, 0.1) is 0 Å². The minimum atomic E-state index is -0.156. The number of hydrogen-bond acceptors (Lipinski definition) is 7. The predicted molar refractivity (Wildman–Crippen MR) is 128 cm³/mol. The molecule has 9 heteroatoms. The second-order valence-electron chi connectivity index (χ2n) is 10.2. The lowest BCUT2D eigenvalue weighted by Crippen LogP contribution is -2.33. The Hall–Kier alpha value is -3.46. The number of rotatable bonds is 5. The van der Waals surface area contributed by atoms with Gasteiger partial charge in [0.1, 0.15) is 11.6 Å². The van der Waals surface area contributed by atoms with E-state index in [4.69, 9.17) is 14.4 Å². The molecule has 4 heterocycles. The highest BCUT2D eigenvalue weighted by Crippen LogP contribution is 2.51. The standard InChI is InChI=1S/C25H27N7O2/c1-3-31-21(33)17-12-27-22(28-16-4-5-18-15(10-16)11-26-14-25(18)8-9-25)30-20(17)32(31)23-29-19(13-34-23)24(2)6-7-24/h4-5,10,12-13,26H,3,6-9,11,14H2,1-2H3,(H,27,28,30). The van der Waals surface area contributed by atoms with Gasteiger partial charge in [0.15, 0.2) is 5.65 Å². The van der Waals surface area contributed by atoms with Crippen LogP contribution in [0.4, 0.5) is 11.6 Å². The molecule has 2 fully saturated rings. The summed E-state index contributed by atoms with van der Waals surface area (Å²) >= 11 is 0. The van der Waals surface area contributed by atoms with Gasteiger partial charge in [0.25, 0.3) is 5.56 Å². The Morgan fingerprint density at radius 1 is 1.21 bits per heavy atom. The second kappa shape index (κ2) is 6.79. The zero-order valence-corrected chi connectivity index (χ0v) is 19.4. The van der Waals surface area contributed by atoms with E-state index in [2.05, 4.69) is 40.7 Å². The third-order valence-corrected chi connectivity index (χ3v) is 7.83. The van der Waals surface area contributed by atoms with Gasteiger partial charge in [0, 0.05) is 42.3 Å². The number of nitrogens with zero attached hydrogens (tertiary/aromatic N) is 5. The minimum absolute atomic E-state index is 0.0735. The molecular weight excluding hydrogens is 430 g/mol. The van der Waals surface area contributed by atoms with E-state index in [1.165, 1.54) is 24.0 Å². The smallest absolute Gasteiger partial charge is 0.323 e. The van der Waals surface area contributed by atoms with Gasteiger partial charge in [0.2, 0.25) is 5.95 Å². The van der Waals surface area contributed by atoms with Crippen LogP contribution >= 0.6 is 0 Å². The second-order valence-corrected chi connectivity index (χ2v) is 10.2. The highest BCUT2D eigenvalue weighted by atomic mass is 16.4. The fraction of sp³-hybridized carbons (Fsp3) is 0.440. The van der Waals surface area contributed by atoms with Crippen molar-refractivity contribution in [2.45, 2.75) is 63.5 Å². The number of oxazole rings is 1. The van der Waals surface area contributed by atoms with Crippen LogP contribution in [0.25, 0.3) is 17.0 Å². The summed E-state index contributed by atoms with van der Waals surface area (Å²) < 4.78 is 9.10. The zero-order valence-electron chi connectivity index (χ0n) is 19.4. The first-order valence-electron chi connectivity index (χ1n) is 12.1. The largest absolute Gasteiger partial charge is 0.430 e. The molecule has 0 unspecified atom stereocenters. The van der Waals surface area contributed by atoms with Crippen LogP contribution in [-0.4, -0.2) is 30.9 Å². The van der Waals surface area contributed by atoms with E-state index in [0.717, 1.165) is 37.3 Å². The van der Waals surface area contributed by atoms with E-state index >= 15 is 0 Å². The molecule has 34 heavy (non-hydrogen) atoms. The topological polar surface area (TPSA) is 103 Å². The summed E-state index contributed by atoms with van der Waals surface area (Å²) in [4.78, 5) is 26.9. The van der Waals surface area contributed by atoms with Crippen molar-refractivity contribution >= 4 is 22.7 Å². The Bertz CT molecular complexity index is 1500. The molecule has 4 aromatic rings. The molecule has 9 nitrogen and oxygen atoms in total. The van der Waals surface area contributed by atoms with Gasteiger partial charge >= 0.3 is 6.01 Å². The van der Waals surface area contributed by atoms with Gasteiger partial charge in [-0.3, -0.25) is 4.79 Å². The quantitative estimate of drug-likeness (QED) is 0.473. The number of anilines is 2. The van der Waals surface area contributed by atoms with Gasteiger partial charge in [-0.15, -0.1) is 0 Å². The SMILES string of the molecule is CCn1c(=O)c2cnc(Nc3ccc4c(c3)CNCC43CC3)nc2n1-c1nc(C2(C)CC2)co1. The maximum absolute atomic E-state index is 13.0. The summed E-state index contributed by atoms with van der Waals surface area (Å²) in [7, 11) is 0. The highest BCUT2D eigenvalue weighted by Gasteiger charge is 2.46. The summed E-state index contributed by atoms with van der Waals surface area (Å²) in [5.41, 5.74) is 5.38. The minimum Gasteiger partial charge on any atom is -0.430 e. The van der Waals surface area contributed by atoms with E-state index in [0.29, 0.717) is 35.0 Å². The lowest BCUT2D eigenvalue weighted by molar-refractivity contribution is 0.460. The molecule has 1 spiro atoms.